The molecule has 0 saturated heterocycles. The Balaban J connectivity index is 1.83. The van der Waals surface area contributed by atoms with Gasteiger partial charge in [-0.05, 0) is 44.7 Å². The van der Waals surface area contributed by atoms with E-state index < -0.39 is 0 Å². The molecule has 0 saturated carbocycles. The predicted octanol–water partition coefficient (Wildman–Crippen LogP) is 3.55. The van der Waals surface area contributed by atoms with Gasteiger partial charge in [0, 0.05) is 61.3 Å². The molecule has 6 heteroatoms. The molecule has 0 aromatic carbocycles. The molecule has 0 spiro atoms. The Kier molecular flexibility index (Phi) is 4.66. The summed E-state index contributed by atoms with van der Waals surface area (Å²) in [5.41, 5.74) is 6.07. The number of fused-ring (bicyclic) bond motifs is 2. The van der Waals surface area contributed by atoms with Crippen molar-refractivity contribution in [1.29, 1.82) is 0 Å². The predicted molar refractivity (Wildman–Crippen MR) is 106 cm³/mol. The third kappa shape index (κ3) is 3.11. The van der Waals surface area contributed by atoms with Crippen molar-refractivity contribution in [1.82, 2.24) is 19.7 Å². The summed E-state index contributed by atoms with van der Waals surface area (Å²) in [7, 11) is 0. The van der Waals surface area contributed by atoms with Gasteiger partial charge in [0.1, 0.15) is 0 Å². The molecule has 0 radical (unpaired) electrons. The molecular weight excluding hydrogens is 338 g/mol. The van der Waals surface area contributed by atoms with Crippen molar-refractivity contribution < 1.29 is 4.79 Å². The summed E-state index contributed by atoms with van der Waals surface area (Å²) in [6.07, 6.45) is 6.09. The normalized spacial score (nSPS) is 17.5. The monoisotopic (exact) mass is 367 g/mol. The number of hydrogen-bond donors (Lipinski definition) is 0. The van der Waals surface area contributed by atoms with Gasteiger partial charge in [0.05, 0.1) is 6.54 Å². The van der Waals surface area contributed by atoms with Gasteiger partial charge in [-0.15, -0.1) is 0 Å². The highest BCUT2D eigenvalue weighted by Crippen LogP contribution is 2.38. The zero-order valence-corrected chi connectivity index (χ0v) is 16.8. The van der Waals surface area contributed by atoms with E-state index in [1.54, 1.807) is 6.92 Å². The summed E-state index contributed by atoms with van der Waals surface area (Å²) in [5.74, 6) is 1.17. The Morgan fingerprint density at radius 3 is 2.85 bits per heavy atom. The summed E-state index contributed by atoms with van der Waals surface area (Å²) in [5, 5.41) is 5.09. The van der Waals surface area contributed by atoms with Crippen molar-refractivity contribution in [3.63, 3.8) is 0 Å². The van der Waals surface area contributed by atoms with E-state index in [9.17, 15) is 4.79 Å². The zero-order chi connectivity index (χ0) is 19.1. The molecule has 0 fully saturated rings. The van der Waals surface area contributed by atoms with Gasteiger partial charge in [-0.25, -0.2) is 0 Å². The van der Waals surface area contributed by atoms with Crippen LogP contribution < -0.4 is 4.90 Å². The molecule has 144 valence electrons. The highest BCUT2D eigenvalue weighted by molar-refractivity contribution is 5.75. The zero-order valence-electron chi connectivity index (χ0n) is 16.8. The molecule has 2 aliphatic rings. The van der Waals surface area contributed by atoms with E-state index in [0.29, 0.717) is 12.6 Å². The number of nitrogens with zero attached hydrogens (tertiary/aromatic N) is 5. The Labute approximate surface area is 161 Å². The summed E-state index contributed by atoms with van der Waals surface area (Å²) >= 11 is 0. The van der Waals surface area contributed by atoms with Gasteiger partial charge in [-0.3, -0.25) is 14.5 Å². The van der Waals surface area contributed by atoms with E-state index in [1.165, 1.54) is 22.5 Å². The molecule has 4 heterocycles. The maximum absolute atomic E-state index is 12.0. The van der Waals surface area contributed by atoms with Crippen molar-refractivity contribution in [3.8, 4) is 0 Å². The number of amides is 1. The lowest BCUT2D eigenvalue weighted by Crippen LogP contribution is -2.35. The van der Waals surface area contributed by atoms with Crippen LogP contribution >= 0.6 is 0 Å². The molecule has 27 heavy (non-hydrogen) atoms. The number of carbonyl (C=O) groups excluding carboxylic acids is 1. The number of aryl methyl sites for hydroxylation is 2. The van der Waals surface area contributed by atoms with Crippen molar-refractivity contribution >= 4 is 17.4 Å². The minimum absolute atomic E-state index is 0.141. The third-order valence-electron chi connectivity index (χ3n) is 5.99. The average molecular weight is 367 g/mol. The maximum Gasteiger partial charge on any atom is 0.219 e. The molecule has 1 unspecified atom stereocenters. The fraction of sp³-hybridized carbons (Fsp3) is 0.571. The Hall–Kier alpha value is -2.37. The molecule has 2 aromatic rings. The van der Waals surface area contributed by atoms with E-state index in [-0.39, 0.29) is 5.91 Å². The first-order chi connectivity index (χ1) is 13.0. The number of rotatable bonds is 3. The Morgan fingerprint density at radius 1 is 1.30 bits per heavy atom. The highest BCUT2D eigenvalue weighted by atomic mass is 16.2. The summed E-state index contributed by atoms with van der Waals surface area (Å²) in [4.78, 5) is 20.8. The van der Waals surface area contributed by atoms with E-state index in [0.717, 1.165) is 50.3 Å². The van der Waals surface area contributed by atoms with Crippen LogP contribution in [-0.2, 0) is 24.2 Å². The van der Waals surface area contributed by atoms with E-state index >= 15 is 0 Å². The summed E-state index contributed by atoms with van der Waals surface area (Å²) in [6.45, 7) is 10.5. The first-order valence-electron chi connectivity index (χ1n) is 10.1. The molecule has 1 amide bonds. The second kappa shape index (κ2) is 6.98. The minimum atomic E-state index is 0.141. The number of anilines is 2. The molecule has 1 atom stereocenters. The van der Waals surface area contributed by atoms with Gasteiger partial charge in [-0.1, -0.05) is 6.92 Å². The van der Waals surface area contributed by atoms with Crippen molar-refractivity contribution in [2.24, 2.45) is 0 Å². The van der Waals surface area contributed by atoms with Gasteiger partial charge in [0.25, 0.3) is 0 Å². The number of hydrogen-bond acceptors (Lipinski definition) is 4. The van der Waals surface area contributed by atoms with Crippen LogP contribution in [0.3, 0.4) is 0 Å². The van der Waals surface area contributed by atoms with Crippen molar-refractivity contribution in [2.75, 3.05) is 18.0 Å². The second-order valence-electron chi connectivity index (χ2n) is 7.85. The molecular formula is C21H29N5O. The van der Waals surface area contributed by atoms with Crippen LogP contribution in [0.15, 0.2) is 12.3 Å². The lowest BCUT2D eigenvalue weighted by molar-refractivity contribution is -0.129. The van der Waals surface area contributed by atoms with Gasteiger partial charge in [0.2, 0.25) is 5.91 Å². The van der Waals surface area contributed by atoms with Gasteiger partial charge >= 0.3 is 0 Å². The minimum Gasteiger partial charge on any atom is -0.338 e. The summed E-state index contributed by atoms with van der Waals surface area (Å²) < 4.78 is 2.21. The molecule has 0 aliphatic carbocycles. The fourth-order valence-electron chi connectivity index (χ4n) is 4.24. The molecule has 0 N–H and O–H groups in total. The molecule has 2 aromatic heterocycles. The largest absolute Gasteiger partial charge is 0.338 e. The standard InChI is InChI=1S/C21H29N5O/c1-5-15(3)26-19-8-10-24(16(4)27)13-18(19)21(23-26)25-9-6-7-17-12-22-14(2)11-20(17)25/h11-12,15H,5-10,13H2,1-4H3. The van der Waals surface area contributed by atoms with E-state index in [2.05, 4.69) is 34.5 Å². The second-order valence-corrected chi connectivity index (χ2v) is 7.85. The van der Waals surface area contributed by atoms with E-state index in [4.69, 9.17) is 5.10 Å². The van der Waals surface area contributed by atoms with Crippen LogP contribution in [0, 0.1) is 6.92 Å². The summed E-state index contributed by atoms with van der Waals surface area (Å²) in [6, 6.07) is 2.54. The Morgan fingerprint density at radius 2 is 2.11 bits per heavy atom. The average Bonchev–Trinajstić information content (AvgIpc) is 3.05. The fourth-order valence-corrected chi connectivity index (χ4v) is 4.24. The molecule has 4 rings (SSSR count). The maximum atomic E-state index is 12.0. The van der Waals surface area contributed by atoms with Gasteiger partial charge in [-0.2, -0.15) is 5.10 Å². The van der Waals surface area contributed by atoms with Crippen LogP contribution in [0.4, 0.5) is 11.5 Å². The van der Waals surface area contributed by atoms with Gasteiger partial charge < -0.3 is 9.80 Å². The first kappa shape index (κ1) is 18.0. The topological polar surface area (TPSA) is 54.3 Å². The van der Waals surface area contributed by atoms with Crippen LogP contribution in [-0.4, -0.2) is 38.7 Å². The number of carbonyl (C=O) groups is 1. The van der Waals surface area contributed by atoms with Crippen molar-refractivity contribution in [2.45, 2.75) is 66.0 Å². The SMILES string of the molecule is CCC(C)n1nc(N2CCCc3cnc(C)cc32)c2c1CCN(C(C)=O)C2. The Bertz CT molecular complexity index is 872. The first-order valence-corrected chi connectivity index (χ1v) is 10.1. The van der Waals surface area contributed by atoms with Crippen LogP contribution in [0.2, 0.25) is 0 Å². The van der Waals surface area contributed by atoms with Crippen LogP contribution in [0.5, 0.6) is 0 Å². The lowest BCUT2D eigenvalue weighted by atomic mass is 10.0. The number of aromatic nitrogens is 3. The smallest absolute Gasteiger partial charge is 0.219 e. The quantitative estimate of drug-likeness (QED) is 0.832. The number of pyridine rings is 1. The lowest BCUT2D eigenvalue weighted by Gasteiger charge is -2.32. The van der Waals surface area contributed by atoms with E-state index in [1.807, 2.05) is 18.0 Å². The highest BCUT2D eigenvalue weighted by Gasteiger charge is 2.31. The molecule has 6 nitrogen and oxygen atoms in total. The third-order valence-corrected chi connectivity index (χ3v) is 5.99. The van der Waals surface area contributed by atoms with Crippen LogP contribution in [0.25, 0.3) is 0 Å². The van der Waals surface area contributed by atoms with Crippen molar-refractivity contribution in [3.05, 3.63) is 34.8 Å². The van der Waals surface area contributed by atoms with Gasteiger partial charge in [0.15, 0.2) is 5.82 Å². The molecule has 2 aliphatic heterocycles. The van der Waals surface area contributed by atoms with Crippen LogP contribution in [0.1, 0.15) is 62.2 Å². The molecule has 0 bridgehead atoms.